The smallest absolute Gasteiger partial charge is 0.183 e. The highest BCUT2D eigenvalue weighted by Crippen LogP contribution is 2.19. The van der Waals surface area contributed by atoms with Gasteiger partial charge in [0.1, 0.15) is 0 Å². The van der Waals surface area contributed by atoms with E-state index in [9.17, 15) is 0 Å². The van der Waals surface area contributed by atoms with Crippen molar-refractivity contribution in [1.82, 2.24) is 0 Å². The van der Waals surface area contributed by atoms with Gasteiger partial charge in [0, 0.05) is 12.8 Å². The van der Waals surface area contributed by atoms with Crippen LogP contribution in [0.15, 0.2) is 0 Å². The van der Waals surface area contributed by atoms with Crippen LogP contribution in [-0.2, 0) is 4.74 Å². The predicted octanol–water partition coefficient (Wildman–Crippen LogP) is 2.15. The summed E-state index contributed by atoms with van der Waals surface area (Å²) in [5.74, 6) is 0. The lowest BCUT2D eigenvalue weighted by Crippen LogP contribution is -2.47. The Bertz CT molecular complexity index is 202. The van der Waals surface area contributed by atoms with E-state index in [1.807, 2.05) is 0 Å². The molecular formula is C11H24N2O4. The molecule has 0 aromatic carbocycles. The van der Waals surface area contributed by atoms with Gasteiger partial charge in [0.25, 0.3) is 0 Å². The molecular weight excluding hydrogens is 224 g/mol. The maximum atomic E-state index is 8.25. The summed E-state index contributed by atoms with van der Waals surface area (Å²) in [6.45, 7) is 10.3. The van der Waals surface area contributed by atoms with E-state index in [1.54, 1.807) is 0 Å². The maximum absolute atomic E-state index is 8.25. The van der Waals surface area contributed by atoms with Crippen molar-refractivity contribution >= 4 is 0 Å². The molecule has 0 spiro atoms. The molecule has 102 valence electrons. The topological polar surface area (TPSA) is 75.4 Å². The lowest BCUT2D eigenvalue weighted by atomic mass is 10.4. The zero-order chi connectivity index (χ0) is 13.1. The van der Waals surface area contributed by atoms with Gasteiger partial charge < -0.3 is 24.5 Å². The van der Waals surface area contributed by atoms with E-state index < -0.39 is 5.09 Å². The number of quaternary nitrogens is 1. The fourth-order valence-corrected chi connectivity index (χ4v) is 2.30. The standard InChI is InChI=1S/C11H24NO.NO3/c1-3-7-12(8-5-6-9-12)11-13-10-4-2;2-1(3)4/h3-11H2,1-2H3;/q+1;-1. The molecule has 0 atom stereocenters. The van der Waals surface area contributed by atoms with Crippen molar-refractivity contribution in [3.63, 3.8) is 0 Å². The summed E-state index contributed by atoms with van der Waals surface area (Å²) in [5.41, 5.74) is 0. The lowest BCUT2D eigenvalue weighted by molar-refractivity contribution is -0.935. The van der Waals surface area contributed by atoms with E-state index >= 15 is 0 Å². The molecule has 17 heavy (non-hydrogen) atoms. The van der Waals surface area contributed by atoms with E-state index in [0.29, 0.717) is 0 Å². The lowest BCUT2D eigenvalue weighted by Gasteiger charge is -2.33. The van der Waals surface area contributed by atoms with Crippen molar-refractivity contribution in [3.8, 4) is 0 Å². The Hall–Kier alpha value is -0.880. The summed E-state index contributed by atoms with van der Waals surface area (Å²) >= 11 is 0. The monoisotopic (exact) mass is 248 g/mol. The Balaban J connectivity index is 0.000000557. The molecule has 1 aliphatic heterocycles. The van der Waals surface area contributed by atoms with Crippen LogP contribution in [0, 0.1) is 15.3 Å². The second-order valence-corrected chi connectivity index (χ2v) is 4.48. The second-order valence-electron chi connectivity index (χ2n) is 4.48. The Morgan fingerprint density at radius 2 is 1.71 bits per heavy atom. The number of rotatable bonds is 6. The first-order valence-electron chi connectivity index (χ1n) is 6.30. The third-order valence-electron chi connectivity index (χ3n) is 2.93. The predicted molar refractivity (Wildman–Crippen MR) is 65.9 cm³/mol. The third kappa shape index (κ3) is 7.93. The summed E-state index contributed by atoms with van der Waals surface area (Å²) in [5, 5.41) is 14.8. The first kappa shape index (κ1) is 16.1. The summed E-state index contributed by atoms with van der Waals surface area (Å²) in [6, 6.07) is 0. The van der Waals surface area contributed by atoms with Crippen LogP contribution in [0.1, 0.15) is 39.5 Å². The van der Waals surface area contributed by atoms with Gasteiger partial charge in [-0.25, -0.2) is 0 Å². The van der Waals surface area contributed by atoms with Gasteiger partial charge in [-0.05, 0) is 12.8 Å². The maximum Gasteiger partial charge on any atom is 0.183 e. The Morgan fingerprint density at radius 1 is 1.18 bits per heavy atom. The third-order valence-corrected chi connectivity index (χ3v) is 2.93. The van der Waals surface area contributed by atoms with Gasteiger partial charge in [0.05, 0.1) is 31.3 Å². The normalized spacial score (nSPS) is 17.3. The summed E-state index contributed by atoms with van der Waals surface area (Å²) in [7, 11) is 0. The van der Waals surface area contributed by atoms with Crippen LogP contribution in [0.3, 0.4) is 0 Å². The van der Waals surface area contributed by atoms with Crippen LogP contribution in [0.2, 0.25) is 0 Å². The zero-order valence-electron chi connectivity index (χ0n) is 10.9. The molecule has 0 radical (unpaired) electrons. The molecule has 6 heteroatoms. The minimum Gasteiger partial charge on any atom is -0.356 e. The van der Waals surface area contributed by atoms with E-state index in [0.717, 1.165) is 19.8 Å². The van der Waals surface area contributed by atoms with Crippen LogP contribution < -0.4 is 0 Å². The molecule has 6 nitrogen and oxygen atoms in total. The Morgan fingerprint density at radius 3 is 2.12 bits per heavy atom. The fraction of sp³-hybridized carbons (Fsp3) is 1.00. The molecule has 1 heterocycles. The highest BCUT2D eigenvalue weighted by atomic mass is 16.9. The fourth-order valence-electron chi connectivity index (χ4n) is 2.30. The Labute approximate surface area is 103 Å². The minimum absolute atomic E-state index is 0.934. The van der Waals surface area contributed by atoms with Gasteiger partial charge in [-0.2, -0.15) is 0 Å². The molecule has 1 rings (SSSR count). The first-order valence-corrected chi connectivity index (χ1v) is 6.30. The molecule has 0 aromatic heterocycles. The number of hydrogen-bond donors (Lipinski definition) is 0. The van der Waals surface area contributed by atoms with Crippen LogP contribution in [0.5, 0.6) is 0 Å². The number of nitrogens with zero attached hydrogens (tertiary/aromatic N) is 2. The second kappa shape index (κ2) is 9.18. The van der Waals surface area contributed by atoms with Crippen LogP contribution in [0.25, 0.3) is 0 Å². The quantitative estimate of drug-likeness (QED) is 0.312. The van der Waals surface area contributed by atoms with Crippen molar-refractivity contribution in [2.24, 2.45) is 0 Å². The summed E-state index contributed by atoms with van der Waals surface area (Å²) in [4.78, 5) is 8.25. The molecule has 0 aliphatic carbocycles. The molecule has 1 aliphatic rings. The number of likely N-dealkylation sites (tertiary alicyclic amines) is 1. The molecule has 0 saturated carbocycles. The number of ether oxygens (including phenoxy) is 1. The zero-order valence-corrected chi connectivity index (χ0v) is 10.9. The van der Waals surface area contributed by atoms with Gasteiger partial charge in [-0.15, -0.1) is 0 Å². The minimum atomic E-state index is -1.75. The van der Waals surface area contributed by atoms with Gasteiger partial charge in [-0.1, -0.05) is 13.8 Å². The number of hydrogen-bond acceptors (Lipinski definition) is 4. The van der Waals surface area contributed by atoms with Crippen molar-refractivity contribution in [3.05, 3.63) is 15.3 Å². The highest BCUT2D eigenvalue weighted by Gasteiger charge is 2.30. The van der Waals surface area contributed by atoms with Gasteiger partial charge in [0.2, 0.25) is 0 Å². The van der Waals surface area contributed by atoms with Crippen molar-refractivity contribution in [2.75, 3.05) is 33.0 Å². The average molecular weight is 248 g/mol. The van der Waals surface area contributed by atoms with Crippen LogP contribution >= 0.6 is 0 Å². The van der Waals surface area contributed by atoms with Crippen molar-refractivity contribution in [2.45, 2.75) is 39.5 Å². The SMILES string of the molecule is CCCOC[N+]1(CCC)CCCC1.O=[N+]([O-])[O-]. The molecule has 1 fully saturated rings. The van der Waals surface area contributed by atoms with Crippen LogP contribution in [0.4, 0.5) is 0 Å². The van der Waals surface area contributed by atoms with E-state index in [-0.39, 0.29) is 0 Å². The summed E-state index contributed by atoms with van der Waals surface area (Å²) < 4.78 is 6.93. The molecule has 0 N–H and O–H groups in total. The van der Waals surface area contributed by atoms with E-state index in [1.165, 1.54) is 43.4 Å². The van der Waals surface area contributed by atoms with Gasteiger partial charge in [0.15, 0.2) is 6.73 Å². The largest absolute Gasteiger partial charge is 0.356 e. The van der Waals surface area contributed by atoms with E-state index in [4.69, 9.17) is 20.1 Å². The Kier molecular flexibility index (Phi) is 8.71. The first-order chi connectivity index (χ1) is 8.06. The highest BCUT2D eigenvalue weighted by molar-refractivity contribution is 4.52. The van der Waals surface area contributed by atoms with Crippen molar-refractivity contribution < 1.29 is 14.3 Å². The van der Waals surface area contributed by atoms with Crippen LogP contribution in [-0.4, -0.2) is 42.5 Å². The molecule has 0 bridgehead atoms. The average Bonchev–Trinajstić information content (AvgIpc) is 2.67. The van der Waals surface area contributed by atoms with Gasteiger partial charge in [-0.3, -0.25) is 0 Å². The van der Waals surface area contributed by atoms with Crippen molar-refractivity contribution in [1.29, 1.82) is 0 Å². The molecule has 1 saturated heterocycles. The molecule has 0 amide bonds. The summed E-state index contributed by atoms with van der Waals surface area (Å²) in [6.07, 6.45) is 5.23. The van der Waals surface area contributed by atoms with Gasteiger partial charge >= 0.3 is 0 Å². The molecule has 0 aromatic rings. The molecule has 0 unspecified atom stereocenters. The van der Waals surface area contributed by atoms with E-state index in [2.05, 4.69) is 13.8 Å².